The molecule has 1 amide bonds. The number of anilines is 1. The van der Waals surface area contributed by atoms with Crippen LogP contribution < -0.4 is 10.1 Å². The van der Waals surface area contributed by atoms with E-state index in [-0.39, 0.29) is 6.10 Å². The summed E-state index contributed by atoms with van der Waals surface area (Å²) in [7, 11) is 0. The first-order valence-electron chi connectivity index (χ1n) is 9.55. The molecule has 0 saturated carbocycles. The van der Waals surface area contributed by atoms with E-state index in [4.69, 9.17) is 25.8 Å². The predicted molar refractivity (Wildman–Crippen MR) is 111 cm³/mol. The number of esters is 1. The molecule has 154 valence electrons. The smallest absolute Gasteiger partial charge is 0.338 e. The molecule has 7 heteroatoms. The van der Waals surface area contributed by atoms with Crippen molar-refractivity contribution < 1.29 is 23.8 Å². The molecule has 0 aliphatic carbocycles. The fourth-order valence-corrected chi connectivity index (χ4v) is 3.09. The summed E-state index contributed by atoms with van der Waals surface area (Å²) < 4.78 is 16.5. The molecule has 1 N–H and O–H groups in total. The Balaban J connectivity index is 1.51. The van der Waals surface area contributed by atoms with Gasteiger partial charge in [-0.2, -0.15) is 0 Å². The second-order valence-corrected chi connectivity index (χ2v) is 7.33. The van der Waals surface area contributed by atoms with Crippen molar-refractivity contribution in [3.63, 3.8) is 0 Å². The molecule has 0 spiro atoms. The summed E-state index contributed by atoms with van der Waals surface area (Å²) in [6.07, 6.45) is 1.22. The van der Waals surface area contributed by atoms with E-state index in [0.29, 0.717) is 28.6 Å². The Bertz CT molecular complexity index is 862. The quantitative estimate of drug-likeness (QED) is 0.676. The molecule has 2 atom stereocenters. The Morgan fingerprint density at radius 1 is 1.24 bits per heavy atom. The minimum atomic E-state index is -0.962. The van der Waals surface area contributed by atoms with Gasteiger partial charge in [0.05, 0.1) is 11.7 Å². The van der Waals surface area contributed by atoms with Crippen LogP contribution in [-0.4, -0.2) is 37.3 Å². The molecule has 2 aromatic rings. The van der Waals surface area contributed by atoms with E-state index < -0.39 is 18.0 Å². The normalized spacial score (nSPS) is 16.9. The van der Waals surface area contributed by atoms with Crippen LogP contribution in [0.2, 0.25) is 5.02 Å². The molecule has 2 aromatic carbocycles. The number of halogens is 1. The van der Waals surface area contributed by atoms with Gasteiger partial charge in [0, 0.05) is 17.3 Å². The van der Waals surface area contributed by atoms with Gasteiger partial charge in [0.1, 0.15) is 12.4 Å². The van der Waals surface area contributed by atoms with E-state index in [1.54, 1.807) is 49.4 Å². The molecule has 0 unspecified atom stereocenters. The first-order valence-corrected chi connectivity index (χ1v) is 9.93. The average Bonchev–Trinajstić information content (AvgIpc) is 3.24. The number of carbonyl (C=O) groups excluding carboxylic acids is 2. The van der Waals surface area contributed by atoms with Gasteiger partial charge in [-0.05, 0) is 68.7 Å². The van der Waals surface area contributed by atoms with E-state index in [2.05, 4.69) is 5.32 Å². The highest BCUT2D eigenvalue weighted by Gasteiger charge is 2.20. The van der Waals surface area contributed by atoms with Crippen molar-refractivity contribution in [2.24, 2.45) is 0 Å². The highest BCUT2D eigenvalue weighted by atomic mass is 35.5. The first-order chi connectivity index (χ1) is 13.9. The molecule has 0 radical (unpaired) electrons. The number of benzene rings is 2. The monoisotopic (exact) mass is 417 g/mol. The lowest BCUT2D eigenvalue weighted by atomic mass is 10.2. The summed E-state index contributed by atoms with van der Waals surface area (Å²) in [6.45, 7) is 4.59. The van der Waals surface area contributed by atoms with E-state index in [1.807, 2.05) is 0 Å². The maximum Gasteiger partial charge on any atom is 0.338 e. The fraction of sp³-hybridized carbons (Fsp3) is 0.364. The van der Waals surface area contributed by atoms with Gasteiger partial charge in [-0.25, -0.2) is 4.79 Å². The van der Waals surface area contributed by atoms with E-state index in [1.165, 1.54) is 6.92 Å². The second kappa shape index (κ2) is 9.76. The minimum absolute atomic E-state index is 0.127. The zero-order valence-corrected chi connectivity index (χ0v) is 17.2. The Hall–Kier alpha value is -2.57. The summed E-state index contributed by atoms with van der Waals surface area (Å²) in [6, 6.07) is 11.8. The third-order valence-electron chi connectivity index (χ3n) is 4.73. The molecule has 3 rings (SSSR count). The van der Waals surface area contributed by atoms with E-state index in [9.17, 15) is 9.59 Å². The zero-order chi connectivity index (χ0) is 20.8. The Morgan fingerprint density at radius 3 is 2.69 bits per heavy atom. The van der Waals surface area contributed by atoms with Crippen molar-refractivity contribution in [1.82, 2.24) is 0 Å². The zero-order valence-electron chi connectivity index (χ0n) is 16.4. The fourth-order valence-electron chi connectivity index (χ4n) is 2.91. The largest absolute Gasteiger partial charge is 0.491 e. The lowest BCUT2D eigenvalue weighted by molar-refractivity contribution is -0.123. The van der Waals surface area contributed by atoms with Crippen LogP contribution in [0.1, 0.15) is 35.7 Å². The third-order valence-corrected chi connectivity index (χ3v) is 5.14. The Morgan fingerprint density at radius 2 is 2.00 bits per heavy atom. The van der Waals surface area contributed by atoms with Crippen LogP contribution in [0.15, 0.2) is 42.5 Å². The highest BCUT2D eigenvalue weighted by molar-refractivity contribution is 6.31. The van der Waals surface area contributed by atoms with Crippen LogP contribution in [0.25, 0.3) is 0 Å². The molecule has 0 bridgehead atoms. The molecule has 1 heterocycles. The van der Waals surface area contributed by atoms with E-state index in [0.717, 1.165) is 25.0 Å². The van der Waals surface area contributed by atoms with Gasteiger partial charge in [-0.3, -0.25) is 4.79 Å². The molecular formula is C22H24ClNO5. The van der Waals surface area contributed by atoms with Gasteiger partial charge < -0.3 is 19.5 Å². The summed E-state index contributed by atoms with van der Waals surface area (Å²) in [4.78, 5) is 24.7. The van der Waals surface area contributed by atoms with Gasteiger partial charge in [-0.15, -0.1) is 0 Å². The third kappa shape index (κ3) is 5.71. The lowest BCUT2D eigenvalue weighted by Crippen LogP contribution is -2.30. The van der Waals surface area contributed by atoms with Crippen LogP contribution in [-0.2, 0) is 14.3 Å². The van der Waals surface area contributed by atoms with Crippen molar-refractivity contribution >= 4 is 29.2 Å². The van der Waals surface area contributed by atoms with Gasteiger partial charge in [0.2, 0.25) is 0 Å². The summed E-state index contributed by atoms with van der Waals surface area (Å²) >= 11 is 6.06. The van der Waals surface area contributed by atoms with Crippen molar-refractivity contribution in [2.75, 3.05) is 18.5 Å². The second-order valence-electron chi connectivity index (χ2n) is 6.92. The number of hydrogen-bond donors (Lipinski definition) is 1. The topological polar surface area (TPSA) is 73.9 Å². The summed E-state index contributed by atoms with van der Waals surface area (Å²) in [5.74, 6) is -0.361. The van der Waals surface area contributed by atoms with Crippen molar-refractivity contribution in [2.45, 2.75) is 38.9 Å². The summed E-state index contributed by atoms with van der Waals surface area (Å²) in [5.41, 5.74) is 1.67. The van der Waals surface area contributed by atoms with Crippen molar-refractivity contribution in [1.29, 1.82) is 0 Å². The molecule has 1 saturated heterocycles. The van der Waals surface area contributed by atoms with Gasteiger partial charge in [-0.1, -0.05) is 17.7 Å². The van der Waals surface area contributed by atoms with Crippen LogP contribution in [0.3, 0.4) is 0 Å². The van der Waals surface area contributed by atoms with Crippen LogP contribution >= 0.6 is 11.6 Å². The lowest BCUT2D eigenvalue weighted by Gasteiger charge is -2.15. The number of hydrogen-bond acceptors (Lipinski definition) is 5. The highest BCUT2D eigenvalue weighted by Crippen LogP contribution is 2.23. The van der Waals surface area contributed by atoms with Crippen LogP contribution in [0, 0.1) is 6.92 Å². The standard InChI is InChI=1S/C22H24ClNO5/c1-14-19(23)6-3-7-20(14)24-21(25)15(2)29-22(26)16-8-10-17(11-9-16)28-13-18-5-4-12-27-18/h3,6-11,15,18H,4-5,12-13H2,1-2H3,(H,24,25)/t15-,18+/m0/s1. The molecule has 29 heavy (non-hydrogen) atoms. The van der Waals surface area contributed by atoms with Gasteiger partial charge in [0.15, 0.2) is 6.10 Å². The number of nitrogens with one attached hydrogen (secondary N) is 1. The van der Waals surface area contributed by atoms with E-state index >= 15 is 0 Å². The van der Waals surface area contributed by atoms with Crippen LogP contribution in [0.4, 0.5) is 5.69 Å². The molecule has 1 fully saturated rings. The van der Waals surface area contributed by atoms with Crippen LogP contribution in [0.5, 0.6) is 5.75 Å². The minimum Gasteiger partial charge on any atom is -0.491 e. The van der Waals surface area contributed by atoms with Crippen molar-refractivity contribution in [3.05, 3.63) is 58.6 Å². The SMILES string of the molecule is Cc1c(Cl)cccc1NC(=O)[C@H](C)OC(=O)c1ccc(OC[C@H]2CCCO2)cc1. The number of amides is 1. The van der Waals surface area contributed by atoms with Gasteiger partial charge in [0.25, 0.3) is 5.91 Å². The summed E-state index contributed by atoms with van der Waals surface area (Å²) in [5, 5.41) is 3.28. The van der Waals surface area contributed by atoms with Crippen molar-refractivity contribution in [3.8, 4) is 5.75 Å². The maximum absolute atomic E-state index is 12.3. The Labute approximate surface area is 175 Å². The van der Waals surface area contributed by atoms with Gasteiger partial charge >= 0.3 is 5.97 Å². The number of carbonyl (C=O) groups is 2. The Kier molecular flexibility index (Phi) is 7.12. The maximum atomic E-state index is 12.3. The molecule has 6 nitrogen and oxygen atoms in total. The number of ether oxygens (including phenoxy) is 3. The molecule has 1 aliphatic rings. The molecule has 1 aliphatic heterocycles. The molecular weight excluding hydrogens is 394 g/mol. The predicted octanol–water partition coefficient (Wildman–Crippen LogP) is 4.39. The first kappa shape index (κ1) is 21.1. The average molecular weight is 418 g/mol. The molecule has 0 aromatic heterocycles. The number of rotatable bonds is 7.